The maximum atomic E-state index is 5.17. The molecule has 0 aliphatic carbocycles. The van der Waals surface area contributed by atoms with Gasteiger partial charge in [0.25, 0.3) is 0 Å². The fourth-order valence-electron chi connectivity index (χ4n) is 0.898. The first-order valence-electron chi connectivity index (χ1n) is 3.85. The van der Waals surface area contributed by atoms with Crippen LogP contribution in [-0.4, -0.2) is 9.55 Å². The predicted molar refractivity (Wildman–Crippen MR) is 45.1 cm³/mol. The molecular weight excluding hydrogens is 136 g/mol. The summed E-state index contributed by atoms with van der Waals surface area (Å²) in [7, 11) is 0. The molecule has 0 spiro atoms. The topological polar surface area (TPSA) is 17.8 Å². The number of nitrogens with zero attached hydrogens (tertiary/aromatic N) is 2. The van der Waals surface area contributed by atoms with Gasteiger partial charge in [-0.25, -0.2) is 4.98 Å². The lowest BCUT2D eigenvalue weighted by Gasteiger charge is -1.96. The molecule has 0 N–H and O–H groups in total. The zero-order chi connectivity index (χ0) is 8.10. The molecule has 1 heterocycles. The minimum atomic E-state index is 0.723. The van der Waals surface area contributed by atoms with E-state index in [1.807, 2.05) is 10.8 Å². The molecule has 0 saturated heterocycles. The van der Waals surface area contributed by atoms with E-state index < -0.39 is 0 Å². The lowest BCUT2D eigenvalue weighted by atomic mass is 10.3. The summed E-state index contributed by atoms with van der Waals surface area (Å²) in [5, 5.41) is 0. The molecule has 1 aromatic heterocycles. The Hall–Kier alpha value is -1.23. The first-order chi connectivity index (χ1) is 5.36. The van der Waals surface area contributed by atoms with Crippen molar-refractivity contribution in [3.8, 4) is 12.3 Å². The maximum absolute atomic E-state index is 5.17. The van der Waals surface area contributed by atoms with Crippen LogP contribution in [-0.2, 0) is 6.54 Å². The molecule has 0 bridgehead atoms. The van der Waals surface area contributed by atoms with E-state index >= 15 is 0 Å². The molecule has 0 saturated carbocycles. The molecule has 0 aliphatic heterocycles. The van der Waals surface area contributed by atoms with Crippen LogP contribution in [0.25, 0.3) is 0 Å². The number of rotatable bonds is 3. The highest BCUT2D eigenvalue weighted by atomic mass is 15.0. The number of hydrogen-bond donors (Lipinski definition) is 0. The van der Waals surface area contributed by atoms with Gasteiger partial charge in [-0.1, -0.05) is 13.3 Å². The summed E-state index contributed by atoms with van der Waals surface area (Å²) < 4.78 is 2.03. The molecule has 1 aromatic rings. The van der Waals surface area contributed by atoms with Crippen molar-refractivity contribution in [2.24, 2.45) is 0 Å². The maximum Gasteiger partial charge on any atom is 0.130 e. The van der Waals surface area contributed by atoms with Crippen LogP contribution in [0.3, 0.4) is 0 Å². The van der Waals surface area contributed by atoms with Crippen LogP contribution in [0.1, 0.15) is 25.5 Å². The Morgan fingerprint density at radius 2 is 2.55 bits per heavy atom. The van der Waals surface area contributed by atoms with Crippen LogP contribution in [0.2, 0.25) is 0 Å². The van der Waals surface area contributed by atoms with Gasteiger partial charge >= 0.3 is 0 Å². The molecular formula is C9H12N2. The number of hydrogen-bond acceptors (Lipinski definition) is 1. The zero-order valence-electron chi connectivity index (χ0n) is 6.75. The van der Waals surface area contributed by atoms with Crippen molar-refractivity contribution >= 4 is 0 Å². The molecule has 58 valence electrons. The van der Waals surface area contributed by atoms with Gasteiger partial charge in [-0.05, 0) is 12.3 Å². The fourth-order valence-corrected chi connectivity index (χ4v) is 0.898. The van der Waals surface area contributed by atoms with Crippen LogP contribution < -0.4 is 0 Å². The van der Waals surface area contributed by atoms with Crippen molar-refractivity contribution < 1.29 is 0 Å². The van der Waals surface area contributed by atoms with E-state index in [0.717, 1.165) is 12.2 Å². The van der Waals surface area contributed by atoms with Crippen molar-refractivity contribution in [1.82, 2.24) is 9.55 Å². The minimum absolute atomic E-state index is 0.723. The fraction of sp³-hybridized carbons (Fsp3) is 0.444. The third kappa shape index (κ3) is 2.12. The SMILES string of the molecule is C#Cc1cn(CCCC)cn1. The monoisotopic (exact) mass is 148 g/mol. The first kappa shape index (κ1) is 7.87. The van der Waals surface area contributed by atoms with E-state index in [0.29, 0.717) is 0 Å². The zero-order valence-corrected chi connectivity index (χ0v) is 6.75. The molecule has 0 unspecified atom stereocenters. The van der Waals surface area contributed by atoms with Gasteiger partial charge in [0.05, 0.1) is 6.33 Å². The average Bonchev–Trinajstić information content (AvgIpc) is 2.48. The molecule has 0 amide bonds. The first-order valence-corrected chi connectivity index (χ1v) is 3.85. The number of unbranched alkanes of at least 4 members (excludes halogenated alkanes) is 1. The molecule has 11 heavy (non-hydrogen) atoms. The van der Waals surface area contributed by atoms with Crippen molar-refractivity contribution in [2.75, 3.05) is 0 Å². The van der Waals surface area contributed by atoms with E-state index in [1.54, 1.807) is 6.33 Å². The summed E-state index contributed by atoms with van der Waals surface area (Å²) in [6.07, 6.45) is 11.2. The van der Waals surface area contributed by atoms with Crippen molar-refractivity contribution in [3.63, 3.8) is 0 Å². The quantitative estimate of drug-likeness (QED) is 0.596. The Bertz CT molecular complexity index is 255. The van der Waals surface area contributed by atoms with Crippen LogP contribution in [0.5, 0.6) is 0 Å². The van der Waals surface area contributed by atoms with Crippen molar-refractivity contribution in [2.45, 2.75) is 26.3 Å². The van der Waals surface area contributed by atoms with E-state index in [1.165, 1.54) is 12.8 Å². The summed E-state index contributed by atoms with van der Waals surface area (Å²) in [6.45, 7) is 3.18. The number of aromatic nitrogens is 2. The lowest BCUT2D eigenvalue weighted by molar-refractivity contribution is 0.631. The summed E-state index contributed by atoms with van der Waals surface area (Å²) in [5.41, 5.74) is 0.723. The van der Waals surface area contributed by atoms with Gasteiger partial charge in [0, 0.05) is 12.7 Å². The third-order valence-electron chi connectivity index (χ3n) is 1.55. The second-order valence-electron chi connectivity index (χ2n) is 2.49. The van der Waals surface area contributed by atoms with Gasteiger partial charge in [0.15, 0.2) is 0 Å². The molecule has 2 nitrogen and oxygen atoms in total. The summed E-state index contributed by atoms with van der Waals surface area (Å²) in [6, 6.07) is 0. The smallest absolute Gasteiger partial charge is 0.130 e. The van der Waals surface area contributed by atoms with Crippen LogP contribution >= 0.6 is 0 Å². The normalized spacial score (nSPS) is 9.45. The summed E-state index contributed by atoms with van der Waals surface area (Å²) >= 11 is 0. The minimum Gasteiger partial charge on any atom is -0.336 e. The van der Waals surface area contributed by atoms with E-state index in [-0.39, 0.29) is 0 Å². The standard InChI is InChI=1S/C9H12N2/c1-3-5-6-11-7-9(4-2)10-8-11/h2,7-8H,3,5-6H2,1H3. The Balaban J connectivity index is 2.53. The second kappa shape index (κ2) is 3.82. The van der Waals surface area contributed by atoms with Gasteiger partial charge in [-0.15, -0.1) is 6.42 Å². The van der Waals surface area contributed by atoms with Crippen LogP contribution in [0.4, 0.5) is 0 Å². The van der Waals surface area contributed by atoms with Crippen molar-refractivity contribution in [3.05, 3.63) is 18.2 Å². The molecule has 2 heteroatoms. The van der Waals surface area contributed by atoms with E-state index in [4.69, 9.17) is 6.42 Å². The predicted octanol–water partition coefficient (Wildman–Crippen LogP) is 1.66. The number of aryl methyl sites for hydroxylation is 1. The van der Waals surface area contributed by atoms with Crippen molar-refractivity contribution in [1.29, 1.82) is 0 Å². The Kier molecular flexibility index (Phi) is 2.74. The third-order valence-corrected chi connectivity index (χ3v) is 1.55. The molecule has 0 fully saturated rings. The lowest BCUT2D eigenvalue weighted by Crippen LogP contribution is -1.92. The van der Waals surface area contributed by atoms with Gasteiger partial charge in [-0.2, -0.15) is 0 Å². The number of terminal acetylenes is 1. The highest BCUT2D eigenvalue weighted by Crippen LogP contribution is 1.97. The molecule has 0 atom stereocenters. The molecule has 0 aromatic carbocycles. The van der Waals surface area contributed by atoms with Crippen LogP contribution in [0, 0.1) is 12.3 Å². The van der Waals surface area contributed by atoms with E-state index in [2.05, 4.69) is 17.8 Å². The molecule has 1 rings (SSSR count). The van der Waals surface area contributed by atoms with Gasteiger partial charge < -0.3 is 4.57 Å². The Morgan fingerprint density at radius 1 is 1.73 bits per heavy atom. The highest BCUT2D eigenvalue weighted by molar-refractivity contribution is 5.20. The van der Waals surface area contributed by atoms with E-state index in [9.17, 15) is 0 Å². The average molecular weight is 148 g/mol. The number of imidazole rings is 1. The highest BCUT2D eigenvalue weighted by Gasteiger charge is 1.92. The Labute approximate surface area is 67.3 Å². The van der Waals surface area contributed by atoms with Gasteiger partial charge in [0.1, 0.15) is 5.69 Å². The Morgan fingerprint density at radius 3 is 3.09 bits per heavy atom. The summed E-state index contributed by atoms with van der Waals surface area (Å²) in [5.74, 6) is 2.49. The van der Waals surface area contributed by atoms with Crippen LogP contribution in [0.15, 0.2) is 12.5 Å². The van der Waals surface area contributed by atoms with Gasteiger partial charge in [-0.3, -0.25) is 0 Å². The molecule has 0 radical (unpaired) electrons. The molecule has 0 aliphatic rings. The van der Waals surface area contributed by atoms with Gasteiger partial charge in [0.2, 0.25) is 0 Å². The second-order valence-corrected chi connectivity index (χ2v) is 2.49. The summed E-state index contributed by atoms with van der Waals surface area (Å²) in [4.78, 5) is 4.01. The largest absolute Gasteiger partial charge is 0.336 e.